The summed E-state index contributed by atoms with van der Waals surface area (Å²) >= 11 is 0. The van der Waals surface area contributed by atoms with Gasteiger partial charge in [0.1, 0.15) is 5.75 Å². The smallest absolute Gasteiger partial charge is 0.269 e. The molecule has 0 aliphatic heterocycles. The molecule has 0 unspecified atom stereocenters. The molecular formula is C14H20N2O5. The van der Waals surface area contributed by atoms with Gasteiger partial charge in [0.15, 0.2) is 6.61 Å². The minimum absolute atomic E-state index is 0.0362. The lowest BCUT2D eigenvalue weighted by atomic mass is 10.1. The van der Waals surface area contributed by atoms with Crippen LogP contribution in [0.15, 0.2) is 24.3 Å². The first-order chi connectivity index (χ1) is 9.73. The summed E-state index contributed by atoms with van der Waals surface area (Å²) in [5.41, 5.74) is -1.01. The molecule has 0 bridgehead atoms. The molecule has 0 radical (unpaired) electrons. The SMILES string of the molecule is CCN(CC(C)(C)O)C(=O)COc1ccc([N+](=O)[O-])cc1. The molecule has 0 spiro atoms. The summed E-state index contributed by atoms with van der Waals surface area (Å²) < 4.78 is 5.30. The van der Waals surface area contributed by atoms with Gasteiger partial charge in [-0.05, 0) is 32.9 Å². The highest BCUT2D eigenvalue weighted by atomic mass is 16.6. The maximum absolute atomic E-state index is 12.0. The van der Waals surface area contributed by atoms with E-state index in [9.17, 15) is 20.0 Å². The third-order valence-corrected chi connectivity index (χ3v) is 2.72. The summed E-state index contributed by atoms with van der Waals surface area (Å²) in [5.74, 6) is 0.131. The van der Waals surface area contributed by atoms with E-state index in [2.05, 4.69) is 0 Å². The second kappa shape index (κ2) is 7.03. The molecule has 0 atom stereocenters. The van der Waals surface area contributed by atoms with Gasteiger partial charge in [-0.2, -0.15) is 0 Å². The Morgan fingerprint density at radius 2 is 1.95 bits per heavy atom. The summed E-state index contributed by atoms with van der Waals surface area (Å²) in [5, 5.41) is 20.3. The van der Waals surface area contributed by atoms with E-state index < -0.39 is 10.5 Å². The Hall–Kier alpha value is -2.15. The summed E-state index contributed by atoms with van der Waals surface area (Å²) in [6.45, 7) is 5.57. The zero-order valence-electron chi connectivity index (χ0n) is 12.4. The van der Waals surface area contributed by atoms with Crippen molar-refractivity contribution in [3.05, 3.63) is 34.4 Å². The van der Waals surface area contributed by atoms with Crippen molar-refractivity contribution in [3.8, 4) is 5.75 Å². The van der Waals surface area contributed by atoms with Gasteiger partial charge in [-0.25, -0.2) is 0 Å². The number of carbonyl (C=O) groups excluding carboxylic acids is 1. The van der Waals surface area contributed by atoms with Crippen LogP contribution in [0.4, 0.5) is 5.69 Å². The molecular weight excluding hydrogens is 276 g/mol. The quantitative estimate of drug-likeness (QED) is 0.609. The number of amides is 1. The molecule has 7 nitrogen and oxygen atoms in total. The predicted molar refractivity (Wildman–Crippen MR) is 77.1 cm³/mol. The highest BCUT2D eigenvalue weighted by Crippen LogP contribution is 2.17. The van der Waals surface area contributed by atoms with Crippen LogP contribution in [0.2, 0.25) is 0 Å². The van der Waals surface area contributed by atoms with E-state index in [1.165, 1.54) is 29.2 Å². The molecule has 0 fully saturated rings. The number of nitro groups is 1. The monoisotopic (exact) mass is 296 g/mol. The molecule has 0 saturated carbocycles. The molecule has 0 aliphatic carbocycles. The highest BCUT2D eigenvalue weighted by Gasteiger charge is 2.21. The van der Waals surface area contributed by atoms with Crippen LogP contribution in [-0.2, 0) is 4.79 Å². The summed E-state index contributed by atoms with van der Waals surface area (Å²) in [7, 11) is 0. The number of ether oxygens (including phenoxy) is 1. The maximum atomic E-state index is 12.0. The molecule has 0 saturated heterocycles. The standard InChI is InChI=1S/C14H20N2O5/c1-4-15(10-14(2,3)18)13(17)9-21-12-7-5-11(6-8-12)16(19)20/h5-8,18H,4,9-10H2,1-3H3. The number of nitro benzene ring substituents is 1. The van der Waals surface area contributed by atoms with Crippen molar-refractivity contribution in [1.82, 2.24) is 4.90 Å². The topological polar surface area (TPSA) is 92.9 Å². The molecule has 116 valence electrons. The number of carbonyl (C=O) groups is 1. The van der Waals surface area contributed by atoms with Gasteiger partial charge in [0.25, 0.3) is 11.6 Å². The Bertz CT molecular complexity index is 493. The van der Waals surface area contributed by atoms with Gasteiger partial charge in [0.05, 0.1) is 10.5 Å². The molecule has 1 amide bonds. The Balaban J connectivity index is 2.57. The fourth-order valence-electron chi connectivity index (χ4n) is 1.74. The second-order valence-electron chi connectivity index (χ2n) is 5.26. The third-order valence-electron chi connectivity index (χ3n) is 2.72. The molecule has 0 aromatic heterocycles. The van der Waals surface area contributed by atoms with E-state index in [0.29, 0.717) is 12.3 Å². The van der Waals surface area contributed by atoms with Gasteiger partial charge < -0.3 is 14.7 Å². The van der Waals surface area contributed by atoms with E-state index in [1.807, 2.05) is 6.92 Å². The van der Waals surface area contributed by atoms with Crippen LogP contribution in [0.25, 0.3) is 0 Å². The zero-order chi connectivity index (χ0) is 16.0. The van der Waals surface area contributed by atoms with Crippen LogP contribution in [-0.4, -0.2) is 46.1 Å². The number of non-ortho nitro benzene ring substituents is 1. The molecule has 1 aromatic carbocycles. The molecule has 1 aromatic rings. The maximum Gasteiger partial charge on any atom is 0.269 e. The van der Waals surface area contributed by atoms with Gasteiger partial charge in [0.2, 0.25) is 0 Å². The van der Waals surface area contributed by atoms with Crippen LogP contribution >= 0.6 is 0 Å². The second-order valence-corrected chi connectivity index (χ2v) is 5.26. The van der Waals surface area contributed by atoms with Gasteiger partial charge in [0, 0.05) is 25.2 Å². The summed E-state index contributed by atoms with van der Waals surface area (Å²) in [6.07, 6.45) is 0. The number of likely N-dealkylation sites (N-methyl/N-ethyl adjacent to an activating group) is 1. The number of aliphatic hydroxyl groups is 1. The van der Waals surface area contributed by atoms with Gasteiger partial charge in [-0.3, -0.25) is 14.9 Å². The number of hydrogen-bond donors (Lipinski definition) is 1. The van der Waals surface area contributed by atoms with Crippen LogP contribution in [0, 0.1) is 10.1 Å². The Kier molecular flexibility index (Phi) is 5.66. The van der Waals surface area contributed by atoms with Crippen molar-refractivity contribution < 1.29 is 19.6 Å². The van der Waals surface area contributed by atoms with Crippen molar-refractivity contribution in [2.45, 2.75) is 26.4 Å². The number of rotatable bonds is 7. The van der Waals surface area contributed by atoms with E-state index in [4.69, 9.17) is 4.74 Å². The normalized spacial score (nSPS) is 11.0. The van der Waals surface area contributed by atoms with Gasteiger partial charge in [-0.1, -0.05) is 0 Å². The Morgan fingerprint density at radius 1 is 1.38 bits per heavy atom. The summed E-state index contributed by atoms with van der Waals surface area (Å²) in [4.78, 5) is 23.5. The lowest BCUT2D eigenvalue weighted by molar-refractivity contribution is -0.384. The largest absolute Gasteiger partial charge is 0.484 e. The first kappa shape index (κ1) is 16.9. The lowest BCUT2D eigenvalue weighted by Crippen LogP contribution is -2.44. The summed E-state index contributed by atoms with van der Waals surface area (Å²) in [6, 6.07) is 5.51. The third kappa shape index (κ3) is 5.78. The van der Waals surface area contributed by atoms with Crippen LogP contribution in [0.3, 0.4) is 0 Å². The number of nitrogens with zero attached hydrogens (tertiary/aromatic N) is 2. The predicted octanol–water partition coefficient (Wildman–Crippen LogP) is 1.59. The number of benzene rings is 1. The molecule has 0 heterocycles. The van der Waals surface area contributed by atoms with Crippen molar-refractivity contribution in [1.29, 1.82) is 0 Å². The van der Waals surface area contributed by atoms with Crippen LogP contribution < -0.4 is 4.74 Å². The minimum atomic E-state index is -0.973. The molecule has 1 rings (SSSR count). The lowest BCUT2D eigenvalue weighted by Gasteiger charge is -2.28. The molecule has 1 N–H and O–H groups in total. The molecule has 21 heavy (non-hydrogen) atoms. The van der Waals surface area contributed by atoms with Crippen LogP contribution in [0.1, 0.15) is 20.8 Å². The van der Waals surface area contributed by atoms with Crippen molar-refractivity contribution in [2.24, 2.45) is 0 Å². The Morgan fingerprint density at radius 3 is 2.38 bits per heavy atom. The Labute approximate surface area is 123 Å². The van der Waals surface area contributed by atoms with Crippen LogP contribution in [0.5, 0.6) is 5.75 Å². The number of hydrogen-bond acceptors (Lipinski definition) is 5. The molecule has 0 aliphatic rings. The van der Waals surface area contributed by atoms with Crippen molar-refractivity contribution >= 4 is 11.6 Å². The van der Waals surface area contributed by atoms with Crippen molar-refractivity contribution in [3.63, 3.8) is 0 Å². The first-order valence-corrected chi connectivity index (χ1v) is 6.60. The van der Waals surface area contributed by atoms with E-state index in [-0.39, 0.29) is 24.7 Å². The van der Waals surface area contributed by atoms with E-state index in [1.54, 1.807) is 13.8 Å². The van der Waals surface area contributed by atoms with Gasteiger partial charge >= 0.3 is 0 Å². The average Bonchev–Trinajstić information content (AvgIpc) is 2.41. The minimum Gasteiger partial charge on any atom is -0.484 e. The van der Waals surface area contributed by atoms with E-state index >= 15 is 0 Å². The average molecular weight is 296 g/mol. The fourth-order valence-corrected chi connectivity index (χ4v) is 1.74. The molecule has 7 heteroatoms. The van der Waals surface area contributed by atoms with E-state index in [0.717, 1.165) is 0 Å². The first-order valence-electron chi connectivity index (χ1n) is 6.60. The van der Waals surface area contributed by atoms with Crippen molar-refractivity contribution in [2.75, 3.05) is 19.7 Å². The zero-order valence-corrected chi connectivity index (χ0v) is 12.4. The fraction of sp³-hybridized carbons (Fsp3) is 0.500. The van der Waals surface area contributed by atoms with Gasteiger partial charge in [-0.15, -0.1) is 0 Å². The highest BCUT2D eigenvalue weighted by molar-refractivity contribution is 5.77.